The van der Waals surface area contributed by atoms with Crippen LogP contribution in [-0.4, -0.2) is 30.7 Å². The van der Waals surface area contributed by atoms with E-state index in [0.717, 1.165) is 0 Å². The molecular weight excluding hydrogens is 274 g/mol. The lowest BCUT2D eigenvalue weighted by Crippen LogP contribution is -2.12. The Balaban J connectivity index is 2.58. The Morgan fingerprint density at radius 2 is 1.95 bits per heavy atom. The average molecular weight is 295 g/mol. The maximum Gasteiger partial charge on any atom is 0.303 e. The topological polar surface area (TPSA) is 84.9 Å². The van der Waals surface area contributed by atoms with E-state index >= 15 is 0 Å². The maximum absolute atomic E-state index is 11.9. The summed E-state index contributed by atoms with van der Waals surface area (Å²) < 4.78 is 10.6. The van der Waals surface area contributed by atoms with E-state index < -0.39 is 5.97 Å². The first-order valence-corrected chi connectivity index (χ1v) is 6.89. The van der Waals surface area contributed by atoms with E-state index in [1.165, 1.54) is 0 Å². The fourth-order valence-electron chi connectivity index (χ4n) is 1.79. The zero-order chi connectivity index (χ0) is 15.7. The second-order valence-corrected chi connectivity index (χ2v) is 4.44. The predicted molar refractivity (Wildman–Crippen MR) is 78.9 cm³/mol. The van der Waals surface area contributed by atoms with E-state index in [1.807, 2.05) is 6.92 Å². The van der Waals surface area contributed by atoms with Gasteiger partial charge in [-0.25, -0.2) is 0 Å². The molecule has 1 aromatic rings. The standard InChI is InChI=1S/C15H21NO5/c1-3-21-13-9-8-11(20-2)10-12(13)16-14(17)6-4-5-7-15(18)19/h8-10H,3-7H2,1-2H3,(H,16,17)(H,18,19). The number of hydrogen-bond acceptors (Lipinski definition) is 4. The average Bonchev–Trinajstić information content (AvgIpc) is 2.45. The molecule has 1 amide bonds. The van der Waals surface area contributed by atoms with Gasteiger partial charge in [0.25, 0.3) is 0 Å². The van der Waals surface area contributed by atoms with Crippen LogP contribution in [0.3, 0.4) is 0 Å². The number of rotatable bonds is 9. The molecule has 0 unspecified atom stereocenters. The fourth-order valence-corrected chi connectivity index (χ4v) is 1.79. The van der Waals surface area contributed by atoms with Crippen LogP contribution in [0.1, 0.15) is 32.6 Å². The summed E-state index contributed by atoms with van der Waals surface area (Å²) >= 11 is 0. The first-order valence-electron chi connectivity index (χ1n) is 6.89. The van der Waals surface area contributed by atoms with Crippen molar-refractivity contribution < 1.29 is 24.2 Å². The highest BCUT2D eigenvalue weighted by Crippen LogP contribution is 2.29. The van der Waals surface area contributed by atoms with Crippen molar-refractivity contribution in [3.63, 3.8) is 0 Å². The van der Waals surface area contributed by atoms with Gasteiger partial charge in [-0.1, -0.05) is 0 Å². The zero-order valence-electron chi connectivity index (χ0n) is 12.3. The Morgan fingerprint density at radius 1 is 1.24 bits per heavy atom. The van der Waals surface area contributed by atoms with Gasteiger partial charge in [-0.15, -0.1) is 0 Å². The number of aliphatic carboxylic acids is 1. The highest BCUT2D eigenvalue weighted by atomic mass is 16.5. The molecule has 6 nitrogen and oxygen atoms in total. The summed E-state index contributed by atoms with van der Waals surface area (Å²) in [6.07, 6.45) is 1.37. The Kier molecular flexibility index (Phi) is 7.08. The number of benzene rings is 1. The number of carbonyl (C=O) groups is 2. The summed E-state index contributed by atoms with van der Waals surface area (Å²) in [5.41, 5.74) is 0.555. The van der Waals surface area contributed by atoms with Crippen LogP contribution >= 0.6 is 0 Å². The molecule has 0 bridgehead atoms. The molecular formula is C15H21NO5. The third-order valence-electron chi connectivity index (χ3n) is 2.81. The van der Waals surface area contributed by atoms with Crippen molar-refractivity contribution in [1.29, 1.82) is 0 Å². The maximum atomic E-state index is 11.9. The van der Waals surface area contributed by atoms with Crippen LogP contribution in [0.15, 0.2) is 18.2 Å². The van der Waals surface area contributed by atoms with Gasteiger partial charge in [0.15, 0.2) is 0 Å². The zero-order valence-corrected chi connectivity index (χ0v) is 12.3. The third-order valence-corrected chi connectivity index (χ3v) is 2.81. The van der Waals surface area contributed by atoms with Gasteiger partial charge in [-0.3, -0.25) is 9.59 Å². The normalized spacial score (nSPS) is 10.0. The molecule has 0 aliphatic heterocycles. The van der Waals surface area contributed by atoms with E-state index in [0.29, 0.717) is 36.6 Å². The number of ether oxygens (including phenoxy) is 2. The Labute approximate surface area is 124 Å². The molecule has 0 saturated carbocycles. The summed E-state index contributed by atoms with van der Waals surface area (Å²) in [6.45, 7) is 2.36. The third kappa shape index (κ3) is 6.16. The molecule has 0 radical (unpaired) electrons. The molecule has 0 heterocycles. The highest BCUT2D eigenvalue weighted by molar-refractivity contribution is 5.92. The number of anilines is 1. The van der Waals surface area contributed by atoms with Crippen LogP contribution in [0, 0.1) is 0 Å². The van der Waals surface area contributed by atoms with Gasteiger partial charge in [-0.2, -0.15) is 0 Å². The van der Waals surface area contributed by atoms with Gasteiger partial charge in [0.05, 0.1) is 19.4 Å². The number of hydrogen-bond donors (Lipinski definition) is 2. The van der Waals surface area contributed by atoms with Gasteiger partial charge in [0.2, 0.25) is 5.91 Å². The Morgan fingerprint density at radius 3 is 2.57 bits per heavy atom. The number of carboxylic acid groups (broad SMARTS) is 1. The van der Waals surface area contributed by atoms with Crippen LogP contribution in [-0.2, 0) is 9.59 Å². The Bertz CT molecular complexity index is 487. The Hall–Kier alpha value is -2.24. The van der Waals surface area contributed by atoms with Gasteiger partial charge in [0, 0.05) is 18.9 Å². The van der Waals surface area contributed by atoms with Crippen molar-refractivity contribution in [3.05, 3.63) is 18.2 Å². The van der Waals surface area contributed by atoms with Gasteiger partial charge in [0.1, 0.15) is 11.5 Å². The molecule has 116 valence electrons. The van der Waals surface area contributed by atoms with Crippen molar-refractivity contribution in [2.24, 2.45) is 0 Å². The molecule has 1 rings (SSSR count). The van der Waals surface area contributed by atoms with Crippen molar-refractivity contribution in [3.8, 4) is 11.5 Å². The predicted octanol–water partition coefficient (Wildman–Crippen LogP) is 2.68. The summed E-state index contributed by atoms with van der Waals surface area (Å²) in [7, 11) is 1.55. The first-order chi connectivity index (χ1) is 10.1. The quantitative estimate of drug-likeness (QED) is 0.684. The first kappa shape index (κ1) is 16.8. The molecule has 0 aromatic heterocycles. The monoisotopic (exact) mass is 295 g/mol. The molecule has 0 fully saturated rings. The van der Waals surface area contributed by atoms with Crippen molar-refractivity contribution in [2.75, 3.05) is 19.0 Å². The lowest BCUT2D eigenvalue weighted by Gasteiger charge is -2.13. The smallest absolute Gasteiger partial charge is 0.303 e. The summed E-state index contributed by atoms with van der Waals surface area (Å²) in [5, 5.41) is 11.3. The molecule has 0 aliphatic carbocycles. The number of carboxylic acids is 1. The fraction of sp³-hybridized carbons (Fsp3) is 0.467. The van der Waals surface area contributed by atoms with E-state index in [2.05, 4.69) is 5.32 Å². The minimum absolute atomic E-state index is 0.0800. The van der Waals surface area contributed by atoms with Crippen LogP contribution in [0.5, 0.6) is 11.5 Å². The summed E-state index contributed by atoms with van der Waals surface area (Å²) in [6, 6.07) is 5.19. The van der Waals surface area contributed by atoms with Gasteiger partial charge >= 0.3 is 5.97 Å². The van der Waals surface area contributed by atoms with E-state index in [9.17, 15) is 9.59 Å². The largest absolute Gasteiger partial charge is 0.497 e. The summed E-state index contributed by atoms with van der Waals surface area (Å²) in [5.74, 6) is 0.188. The van der Waals surface area contributed by atoms with Crippen LogP contribution < -0.4 is 14.8 Å². The second-order valence-electron chi connectivity index (χ2n) is 4.44. The number of unbranched alkanes of at least 4 members (excludes halogenated alkanes) is 1. The van der Waals surface area contributed by atoms with Crippen molar-refractivity contribution >= 4 is 17.6 Å². The number of nitrogens with one attached hydrogen (secondary N) is 1. The van der Waals surface area contributed by atoms with Gasteiger partial charge in [-0.05, 0) is 31.9 Å². The lowest BCUT2D eigenvalue weighted by molar-refractivity contribution is -0.137. The second kappa shape index (κ2) is 8.84. The molecule has 6 heteroatoms. The molecule has 2 N–H and O–H groups in total. The summed E-state index contributed by atoms with van der Waals surface area (Å²) in [4.78, 5) is 22.2. The number of amides is 1. The number of methoxy groups -OCH3 is 1. The van der Waals surface area contributed by atoms with Gasteiger partial charge < -0.3 is 19.9 Å². The van der Waals surface area contributed by atoms with E-state index in [-0.39, 0.29) is 18.7 Å². The van der Waals surface area contributed by atoms with Crippen LogP contribution in [0.25, 0.3) is 0 Å². The highest BCUT2D eigenvalue weighted by Gasteiger charge is 2.09. The molecule has 21 heavy (non-hydrogen) atoms. The molecule has 0 atom stereocenters. The number of carbonyl (C=O) groups excluding carboxylic acids is 1. The molecule has 0 aliphatic rings. The van der Waals surface area contributed by atoms with E-state index in [1.54, 1.807) is 25.3 Å². The van der Waals surface area contributed by atoms with Crippen LogP contribution in [0.2, 0.25) is 0 Å². The minimum atomic E-state index is -0.846. The van der Waals surface area contributed by atoms with Crippen molar-refractivity contribution in [2.45, 2.75) is 32.6 Å². The SMILES string of the molecule is CCOc1ccc(OC)cc1NC(=O)CCCCC(=O)O. The minimum Gasteiger partial charge on any atom is -0.497 e. The lowest BCUT2D eigenvalue weighted by atomic mass is 10.2. The van der Waals surface area contributed by atoms with Crippen LogP contribution in [0.4, 0.5) is 5.69 Å². The van der Waals surface area contributed by atoms with E-state index in [4.69, 9.17) is 14.6 Å². The molecule has 1 aromatic carbocycles. The molecule has 0 saturated heterocycles. The van der Waals surface area contributed by atoms with Crippen molar-refractivity contribution in [1.82, 2.24) is 0 Å². The molecule has 0 spiro atoms.